The number of ketones is 1. The van der Waals surface area contributed by atoms with Crippen LogP contribution < -0.4 is 0 Å². The van der Waals surface area contributed by atoms with Gasteiger partial charge in [-0.1, -0.05) is 75.4 Å². The molecule has 0 unspecified atom stereocenters. The largest absolute Gasteiger partial charge is 0.342 e. The first kappa shape index (κ1) is 19.1. The molecule has 0 aliphatic carbocycles. The highest BCUT2D eigenvalue weighted by Gasteiger charge is 2.13. The van der Waals surface area contributed by atoms with Crippen LogP contribution in [0.2, 0.25) is 0 Å². The maximum absolute atomic E-state index is 12.7. The van der Waals surface area contributed by atoms with Crippen LogP contribution in [-0.4, -0.2) is 15.8 Å². The maximum Gasteiger partial charge on any atom is 0.193 e. The quantitative estimate of drug-likeness (QED) is 0.438. The lowest BCUT2D eigenvalue weighted by molar-refractivity contribution is 0.103. The fourth-order valence-corrected chi connectivity index (χ4v) is 3.51. The van der Waals surface area contributed by atoms with Gasteiger partial charge in [0.2, 0.25) is 0 Å². The summed E-state index contributed by atoms with van der Waals surface area (Å²) in [6, 6.07) is 23.9. The molecule has 0 saturated heterocycles. The van der Waals surface area contributed by atoms with Gasteiger partial charge in [0.25, 0.3) is 0 Å². The minimum Gasteiger partial charge on any atom is -0.342 e. The molecule has 0 radical (unpaired) electrons. The van der Waals surface area contributed by atoms with Crippen molar-refractivity contribution in [3.05, 3.63) is 101 Å². The summed E-state index contributed by atoms with van der Waals surface area (Å²) in [5, 5.41) is 0. The summed E-state index contributed by atoms with van der Waals surface area (Å²) in [5.41, 5.74) is 6.00. The topological polar surface area (TPSA) is 45.8 Å². The monoisotopic (exact) mass is 382 g/mol. The molecule has 0 atom stereocenters. The fraction of sp³-hybridized carbons (Fsp3) is 0.231. The van der Waals surface area contributed by atoms with E-state index in [1.165, 1.54) is 11.1 Å². The number of rotatable bonds is 5. The second-order valence-electron chi connectivity index (χ2n) is 8.56. The Morgan fingerprint density at radius 3 is 2.28 bits per heavy atom. The van der Waals surface area contributed by atoms with E-state index in [0.29, 0.717) is 11.1 Å². The number of aryl methyl sites for hydroxylation is 2. The molecule has 0 amide bonds. The van der Waals surface area contributed by atoms with Crippen molar-refractivity contribution < 1.29 is 4.79 Å². The molecule has 0 aliphatic rings. The molecule has 3 aromatic carbocycles. The molecule has 29 heavy (non-hydrogen) atoms. The number of H-pyrrole nitrogens is 1. The zero-order chi connectivity index (χ0) is 20.4. The SMILES string of the molecule is CC(C)(C)c1ccc(CCc2nc3ccc(C(=O)c4ccccc4)cc3[nH]2)cc1. The predicted octanol–water partition coefficient (Wildman–Crippen LogP) is 5.88. The second-order valence-corrected chi connectivity index (χ2v) is 8.56. The van der Waals surface area contributed by atoms with E-state index in [1.54, 1.807) is 0 Å². The van der Waals surface area contributed by atoms with E-state index in [-0.39, 0.29) is 11.2 Å². The van der Waals surface area contributed by atoms with Crippen LogP contribution in [0.25, 0.3) is 11.0 Å². The van der Waals surface area contributed by atoms with E-state index in [4.69, 9.17) is 4.98 Å². The molecule has 0 fully saturated rings. The molecular weight excluding hydrogens is 356 g/mol. The number of nitrogens with zero attached hydrogens (tertiary/aromatic N) is 1. The summed E-state index contributed by atoms with van der Waals surface area (Å²) >= 11 is 0. The number of imidazole rings is 1. The number of aromatic nitrogens is 2. The van der Waals surface area contributed by atoms with Gasteiger partial charge in [0.05, 0.1) is 11.0 Å². The van der Waals surface area contributed by atoms with Gasteiger partial charge in [0.1, 0.15) is 5.82 Å². The van der Waals surface area contributed by atoms with Gasteiger partial charge < -0.3 is 4.98 Å². The van der Waals surface area contributed by atoms with Crippen LogP contribution in [0.4, 0.5) is 0 Å². The first-order valence-corrected chi connectivity index (χ1v) is 10.1. The summed E-state index contributed by atoms with van der Waals surface area (Å²) in [7, 11) is 0. The first-order valence-electron chi connectivity index (χ1n) is 10.1. The van der Waals surface area contributed by atoms with E-state index < -0.39 is 0 Å². The molecule has 1 N–H and O–H groups in total. The lowest BCUT2D eigenvalue weighted by Crippen LogP contribution is -2.10. The lowest BCUT2D eigenvalue weighted by Gasteiger charge is -2.19. The van der Waals surface area contributed by atoms with E-state index in [0.717, 1.165) is 29.7 Å². The van der Waals surface area contributed by atoms with Gasteiger partial charge >= 0.3 is 0 Å². The van der Waals surface area contributed by atoms with E-state index >= 15 is 0 Å². The van der Waals surface area contributed by atoms with Crippen molar-refractivity contribution in [1.82, 2.24) is 9.97 Å². The molecule has 0 bridgehead atoms. The third-order valence-electron chi connectivity index (χ3n) is 5.30. The number of aromatic amines is 1. The standard InChI is InChI=1S/C26H26N2O/c1-26(2,3)21-13-9-18(10-14-21)11-16-24-27-22-15-12-20(17-23(22)28-24)25(29)19-7-5-4-6-8-19/h4-10,12-15,17H,11,16H2,1-3H3,(H,27,28). The van der Waals surface area contributed by atoms with Crippen molar-refractivity contribution in [1.29, 1.82) is 0 Å². The number of hydrogen-bond donors (Lipinski definition) is 1. The molecule has 0 saturated carbocycles. The van der Waals surface area contributed by atoms with Crippen molar-refractivity contribution in [2.75, 3.05) is 0 Å². The van der Waals surface area contributed by atoms with Crippen LogP contribution in [0.15, 0.2) is 72.8 Å². The van der Waals surface area contributed by atoms with Crippen LogP contribution >= 0.6 is 0 Å². The summed E-state index contributed by atoms with van der Waals surface area (Å²) < 4.78 is 0. The highest BCUT2D eigenvalue weighted by Crippen LogP contribution is 2.23. The van der Waals surface area contributed by atoms with Crippen LogP contribution in [-0.2, 0) is 18.3 Å². The van der Waals surface area contributed by atoms with Crippen LogP contribution in [0.5, 0.6) is 0 Å². The Hall–Kier alpha value is -3.20. The van der Waals surface area contributed by atoms with E-state index in [9.17, 15) is 4.79 Å². The Bertz CT molecular complexity index is 1130. The lowest BCUT2D eigenvalue weighted by atomic mass is 9.86. The van der Waals surface area contributed by atoms with Gasteiger partial charge in [-0.15, -0.1) is 0 Å². The number of carbonyl (C=O) groups excluding carboxylic acids is 1. The highest BCUT2D eigenvalue weighted by atomic mass is 16.1. The highest BCUT2D eigenvalue weighted by molar-refractivity contribution is 6.10. The third kappa shape index (κ3) is 4.29. The van der Waals surface area contributed by atoms with Crippen molar-refractivity contribution in [3.63, 3.8) is 0 Å². The number of benzene rings is 3. The molecule has 146 valence electrons. The first-order chi connectivity index (χ1) is 13.9. The molecule has 4 aromatic rings. The Morgan fingerprint density at radius 2 is 1.59 bits per heavy atom. The maximum atomic E-state index is 12.7. The zero-order valence-corrected chi connectivity index (χ0v) is 17.2. The number of carbonyl (C=O) groups is 1. The predicted molar refractivity (Wildman–Crippen MR) is 119 cm³/mol. The normalized spacial score (nSPS) is 11.7. The molecule has 4 rings (SSSR count). The van der Waals surface area contributed by atoms with Crippen LogP contribution in [0.1, 0.15) is 53.6 Å². The second kappa shape index (κ2) is 7.67. The molecule has 0 spiro atoms. The van der Waals surface area contributed by atoms with E-state index in [1.807, 2.05) is 48.5 Å². The third-order valence-corrected chi connectivity index (χ3v) is 5.30. The Kier molecular flexibility index (Phi) is 5.06. The van der Waals surface area contributed by atoms with Crippen molar-refractivity contribution in [2.45, 2.75) is 39.0 Å². The molecular formula is C26H26N2O. The van der Waals surface area contributed by atoms with Gasteiger partial charge in [-0.2, -0.15) is 0 Å². The molecule has 1 aromatic heterocycles. The summed E-state index contributed by atoms with van der Waals surface area (Å²) in [4.78, 5) is 20.7. The number of nitrogens with one attached hydrogen (secondary N) is 1. The van der Waals surface area contributed by atoms with Crippen LogP contribution in [0.3, 0.4) is 0 Å². The summed E-state index contributed by atoms with van der Waals surface area (Å²) in [6.07, 6.45) is 1.77. The minimum absolute atomic E-state index is 0.0302. The summed E-state index contributed by atoms with van der Waals surface area (Å²) in [6.45, 7) is 6.69. The van der Waals surface area contributed by atoms with Gasteiger partial charge in [0.15, 0.2) is 5.78 Å². The average Bonchev–Trinajstić information content (AvgIpc) is 3.14. The smallest absolute Gasteiger partial charge is 0.193 e. The Balaban J connectivity index is 1.48. The molecule has 1 heterocycles. The number of fused-ring (bicyclic) bond motifs is 1. The van der Waals surface area contributed by atoms with Gasteiger partial charge in [-0.25, -0.2) is 4.98 Å². The van der Waals surface area contributed by atoms with E-state index in [2.05, 4.69) is 50.0 Å². The van der Waals surface area contributed by atoms with Gasteiger partial charge in [-0.3, -0.25) is 4.79 Å². The zero-order valence-electron chi connectivity index (χ0n) is 17.2. The fourth-order valence-electron chi connectivity index (χ4n) is 3.51. The summed E-state index contributed by atoms with van der Waals surface area (Å²) in [5.74, 6) is 0.979. The average molecular weight is 383 g/mol. The van der Waals surface area contributed by atoms with Crippen molar-refractivity contribution >= 4 is 16.8 Å². The van der Waals surface area contributed by atoms with Gasteiger partial charge in [-0.05, 0) is 41.2 Å². The minimum atomic E-state index is 0.0302. The van der Waals surface area contributed by atoms with Gasteiger partial charge in [0, 0.05) is 17.5 Å². The Labute approximate surface area is 171 Å². The van der Waals surface area contributed by atoms with Crippen molar-refractivity contribution in [2.24, 2.45) is 0 Å². The molecule has 0 aliphatic heterocycles. The number of hydrogen-bond acceptors (Lipinski definition) is 2. The van der Waals surface area contributed by atoms with Crippen LogP contribution in [0, 0.1) is 0 Å². The molecule has 3 nitrogen and oxygen atoms in total. The molecule has 3 heteroatoms. The van der Waals surface area contributed by atoms with Crippen molar-refractivity contribution in [3.8, 4) is 0 Å². The Morgan fingerprint density at radius 1 is 0.862 bits per heavy atom.